The third-order valence-electron chi connectivity index (χ3n) is 5.74. The molecule has 5 nitrogen and oxygen atoms in total. The number of hydrogen-bond acceptors (Lipinski definition) is 4. The summed E-state index contributed by atoms with van der Waals surface area (Å²) in [5.74, 6) is 1.11. The van der Waals surface area contributed by atoms with Gasteiger partial charge in [0.2, 0.25) is 0 Å². The first-order valence-corrected chi connectivity index (χ1v) is 10.1. The minimum absolute atomic E-state index is 0.362. The minimum Gasteiger partial charge on any atom is -0.353 e. The number of hydrogen-bond donors (Lipinski definition) is 0. The largest absolute Gasteiger partial charge is 0.417 e. The normalized spacial score (nSPS) is 15.6. The minimum atomic E-state index is -4.45. The van der Waals surface area contributed by atoms with Crippen molar-refractivity contribution < 1.29 is 26.3 Å². The summed E-state index contributed by atoms with van der Waals surface area (Å²) < 4.78 is 79.5. The molecule has 0 N–H and O–H groups in total. The summed E-state index contributed by atoms with van der Waals surface area (Å²) >= 11 is 0. The van der Waals surface area contributed by atoms with Crippen LogP contribution in [-0.2, 0) is 12.4 Å². The van der Waals surface area contributed by atoms with E-state index in [4.69, 9.17) is 0 Å². The van der Waals surface area contributed by atoms with Crippen LogP contribution in [0.15, 0.2) is 54.9 Å². The Hall–Kier alpha value is -3.50. The van der Waals surface area contributed by atoms with E-state index in [0.717, 1.165) is 24.4 Å². The predicted molar refractivity (Wildman–Crippen MR) is 111 cm³/mol. The fourth-order valence-corrected chi connectivity index (χ4v) is 4.05. The molecule has 5 rings (SSSR count). The number of halogens is 6. The van der Waals surface area contributed by atoms with Gasteiger partial charge in [-0.2, -0.15) is 26.3 Å². The van der Waals surface area contributed by atoms with E-state index in [1.807, 2.05) is 9.80 Å². The maximum absolute atomic E-state index is 13.2. The number of pyridine rings is 1. The van der Waals surface area contributed by atoms with Crippen molar-refractivity contribution in [1.29, 1.82) is 0 Å². The monoisotopic (exact) mass is 465 g/mol. The summed E-state index contributed by atoms with van der Waals surface area (Å²) in [5.41, 5.74) is -0.0515. The zero-order chi connectivity index (χ0) is 23.4. The molecule has 0 spiro atoms. The van der Waals surface area contributed by atoms with E-state index in [9.17, 15) is 26.3 Å². The first-order valence-electron chi connectivity index (χ1n) is 10.1. The van der Waals surface area contributed by atoms with Crippen molar-refractivity contribution in [2.24, 2.45) is 0 Å². The lowest BCUT2D eigenvalue weighted by molar-refractivity contribution is -0.138. The van der Waals surface area contributed by atoms with Gasteiger partial charge in [0.15, 0.2) is 5.82 Å². The van der Waals surface area contributed by atoms with Crippen LogP contribution in [0.2, 0.25) is 0 Å². The Morgan fingerprint density at radius 2 is 1.39 bits per heavy atom. The maximum Gasteiger partial charge on any atom is 0.417 e. The molecule has 3 aromatic heterocycles. The molecule has 1 aliphatic rings. The topological polar surface area (TPSA) is 36.7 Å². The number of aromatic nitrogens is 3. The molecule has 1 aliphatic heterocycles. The van der Waals surface area contributed by atoms with Crippen molar-refractivity contribution in [2.75, 3.05) is 36.0 Å². The van der Waals surface area contributed by atoms with Crippen molar-refractivity contribution in [3.63, 3.8) is 0 Å². The van der Waals surface area contributed by atoms with E-state index >= 15 is 0 Å². The molecule has 1 aromatic carbocycles. The quantitative estimate of drug-likeness (QED) is 0.379. The Bertz CT molecular complexity index is 1300. The summed E-state index contributed by atoms with van der Waals surface area (Å²) in [6.45, 7) is 2.08. The van der Waals surface area contributed by atoms with Gasteiger partial charge in [-0.15, -0.1) is 0 Å². The molecular formula is C22H17F6N5. The van der Waals surface area contributed by atoms with Crippen LogP contribution >= 0.6 is 0 Å². The number of fused-ring (bicyclic) bond motifs is 3. The van der Waals surface area contributed by atoms with Crippen LogP contribution in [0, 0.1) is 0 Å². The Balaban J connectivity index is 1.41. The van der Waals surface area contributed by atoms with Crippen LogP contribution in [0.3, 0.4) is 0 Å². The number of nitrogens with zero attached hydrogens (tertiary/aromatic N) is 5. The molecule has 0 bridgehead atoms. The summed E-state index contributed by atoms with van der Waals surface area (Å²) in [6, 6.07) is 9.39. The van der Waals surface area contributed by atoms with Crippen LogP contribution in [0.4, 0.5) is 38.0 Å². The van der Waals surface area contributed by atoms with Gasteiger partial charge in [-0.25, -0.2) is 9.97 Å². The van der Waals surface area contributed by atoms with Gasteiger partial charge in [-0.3, -0.25) is 0 Å². The van der Waals surface area contributed by atoms with Gasteiger partial charge in [0.1, 0.15) is 5.82 Å². The summed E-state index contributed by atoms with van der Waals surface area (Å²) in [6.07, 6.45) is -6.36. The highest BCUT2D eigenvalue weighted by Gasteiger charge is 2.32. The van der Waals surface area contributed by atoms with Crippen molar-refractivity contribution in [1.82, 2.24) is 14.4 Å². The standard InChI is InChI=1S/C22H17F6N5/c23-21(24,25)14-3-5-16-18(12-14)33-7-1-2-17(33)20(30-16)32-10-8-31(9-11-32)19-6-4-15(13-29-19)22(26,27)28/h1-7,12-13H,8-11H2. The summed E-state index contributed by atoms with van der Waals surface area (Å²) in [5, 5.41) is 0. The summed E-state index contributed by atoms with van der Waals surface area (Å²) in [7, 11) is 0. The molecule has 33 heavy (non-hydrogen) atoms. The lowest BCUT2D eigenvalue weighted by atomic mass is 10.2. The van der Waals surface area contributed by atoms with Crippen molar-refractivity contribution >= 4 is 28.2 Å². The van der Waals surface area contributed by atoms with E-state index in [-0.39, 0.29) is 0 Å². The molecule has 0 unspecified atom stereocenters. The van der Waals surface area contributed by atoms with Gasteiger partial charge in [0, 0.05) is 38.6 Å². The average Bonchev–Trinajstić information content (AvgIpc) is 3.28. The highest BCUT2D eigenvalue weighted by molar-refractivity contribution is 5.85. The Morgan fingerprint density at radius 1 is 0.727 bits per heavy atom. The molecular weight excluding hydrogens is 448 g/mol. The summed E-state index contributed by atoms with van der Waals surface area (Å²) in [4.78, 5) is 12.5. The molecule has 172 valence electrons. The first kappa shape index (κ1) is 21.4. The second-order valence-corrected chi connectivity index (χ2v) is 7.78. The molecule has 0 aliphatic carbocycles. The van der Waals surface area contributed by atoms with Crippen molar-refractivity contribution in [2.45, 2.75) is 12.4 Å². The first-order chi connectivity index (χ1) is 15.6. The van der Waals surface area contributed by atoms with Gasteiger partial charge in [-0.1, -0.05) is 0 Å². The predicted octanol–water partition coefficient (Wildman–Crippen LogP) is 5.25. The number of anilines is 2. The van der Waals surface area contributed by atoms with Crippen LogP contribution in [0.5, 0.6) is 0 Å². The molecule has 4 heterocycles. The van der Waals surface area contributed by atoms with E-state index in [1.54, 1.807) is 22.7 Å². The van der Waals surface area contributed by atoms with Gasteiger partial charge >= 0.3 is 12.4 Å². The molecule has 0 amide bonds. The van der Waals surface area contributed by atoms with E-state index in [1.165, 1.54) is 12.1 Å². The van der Waals surface area contributed by atoms with Crippen LogP contribution in [-0.4, -0.2) is 40.5 Å². The number of alkyl halides is 6. The second kappa shape index (κ2) is 7.53. The fourth-order valence-electron chi connectivity index (χ4n) is 4.05. The molecule has 4 aromatic rings. The Labute approximate surface area is 183 Å². The van der Waals surface area contributed by atoms with Gasteiger partial charge in [0.05, 0.1) is 27.7 Å². The lowest BCUT2D eigenvalue weighted by Crippen LogP contribution is -2.47. The molecule has 0 atom stereocenters. The molecule has 1 saturated heterocycles. The lowest BCUT2D eigenvalue weighted by Gasteiger charge is -2.36. The number of rotatable bonds is 2. The maximum atomic E-state index is 13.2. The van der Waals surface area contributed by atoms with E-state index < -0.39 is 23.5 Å². The van der Waals surface area contributed by atoms with Crippen molar-refractivity contribution in [3.05, 3.63) is 66.0 Å². The molecule has 11 heteroatoms. The molecule has 1 fully saturated rings. The SMILES string of the molecule is FC(F)(F)c1ccc(N2CCN(c3nc4ccc(C(F)(F)F)cc4n4cccc34)CC2)nc1. The van der Waals surface area contributed by atoms with Gasteiger partial charge in [-0.05, 0) is 42.5 Å². The Morgan fingerprint density at radius 3 is 2.03 bits per heavy atom. The number of piperazine rings is 1. The Kier molecular flexibility index (Phi) is 4.87. The van der Waals surface area contributed by atoms with E-state index in [0.29, 0.717) is 54.4 Å². The zero-order valence-electron chi connectivity index (χ0n) is 17.0. The number of benzene rings is 1. The van der Waals surface area contributed by atoms with Crippen LogP contribution < -0.4 is 9.80 Å². The second-order valence-electron chi connectivity index (χ2n) is 7.78. The highest BCUT2D eigenvalue weighted by Crippen LogP contribution is 2.34. The zero-order valence-corrected chi connectivity index (χ0v) is 17.0. The molecule has 0 saturated carbocycles. The molecule has 0 radical (unpaired) electrons. The smallest absolute Gasteiger partial charge is 0.353 e. The van der Waals surface area contributed by atoms with Crippen LogP contribution in [0.25, 0.3) is 16.6 Å². The third kappa shape index (κ3) is 3.91. The fraction of sp³-hybridized carbons (Fsp3) is 0.273. The van der Waals surface area contributed by atoms with Crippen molar-refractivity contribution in [3.8, 4) is 0 Å². The van der Waals surface area contributed by atoms with E-state index in [2.05, 4.69) is 9.97 Å². The highest BCUT2D eigenvalue weighted by atomic mass is 19.4. The van der Waals surface area contributed by atoms with Crippen LogP contribution in [0.1, 0.15) is 11.1 Å². The average molecular weight is 465 g/mol. The third-order valence-corrected chi connectivity index (χ3v) is 5.74. The van der Waals surface area contributed by atoms with Gasteiger partial charge < -0.3 is 14.2 Å². The van der Waals surface area contributed by atoms with Gasteiger partial charge in [0.25, 0.3) is 0 Å².